The number of thioether (sulfide) groups is 1. The number of anilines is 1. The summed E-state index contributed by atoms with van der Waals surface area (Å²) >= 11 is 1.60. The number of rotatable bonds is 5. The molecule has 98 valence electrons. The van der Waals surface area contributed by atoms with E-state index in [2.05, 4.69) is 10.6 Å². The van der Waals surface area contributed by atoms with Crippen LogP contribution in [0, 0.1) is 0 Å². The summed E-state index contributed by atoms with van der Waals surface area (Å²) in [4.78, 5) is 22.0. The van der Waals surface area contributed by atoms with Gasteiger partial charge in [-0.2, -0.15) is 11.8 Å². The zero-order valence-electron chi connectivity index (χ0n) is 9.77. The van der Waals surface area contributed by atoms with Gasteiger partial charge in [0.15, 0.2) is 0 Å². The smallest absolute Gasteiger partial charge is 0.335 e. The van der Waals surface area contributed by atoms with Crippen LogP contribution in [0.15, 0.2) is 18.2 Å². The fraction of sp³-hybridized carbons (Fsp3) is 0.273. The second kappa shape index (κ2) is 6.75. The lowest BCUT2D eigenvalue weighted by Crippen LogP contribution is -2.30. The van der Waals surface area contributed by atoms with Crippen LogP contribution in [0.3, 0.4) is 0 Å². The van der Waals surface area contributed by atoms with Crippen LogP contribution in [-0.4, -0.2) is 40.8 Å². The summed E-state index contributed by atoms with van der Waals surface area (Å²) in [6.07, 6.45) is 1.93. The van der Waals surface area contributed by atoms with Gasteiger partial charge < -0.3 is 20.8 Å². The molecular weight excluding hydrogens is 256 g/mol. The highest BCUT2D eigenvalue weighted by Crippen LogP contribution is 2.24. The lowest BCUT2D eigenvalue weighted by molar-refractivity contribution is 0.0696. The number of hydrogen-bond donors (Lipinski definition) is 4. The van der Waals surface area contributed by atoms with E-state index < -0.39 is 12.0 Å². The molecule has 6 nitrogen and oxygen atoms in total. The average molecular weight is 270 g/mol. The maximum Gasteiger partial charge on any atom is 0.335 e. The van der Waals surface area contributed by atoms with Gasteiger partial charge in [-0.25, -0.2) is 9.59 Å². The number of phenols is 1. The summed E-state index contributed by atoms with van der Waals surface area (Å²) in [6.45, 7) is 0.515. The van der Waals surface area contributed by atoms with Crippen LogP contribution in [0.4, 0.5) is 10.5 Å². The highest BCUT2D eigenvalue weighted by atomic mass is 32.2. The van der Waals surface area contributed by atoms with E-state index in [4.69, 9.17) is 5.11 Å². The predicted octanol–water partition coefficient (Wildman–Crippen LogP) is 1.57. The molecule has 4 N–H and O–H groups in total. The molecule has 2 amide bonds. The molecule has 18 heavy (non-hydrogen) atoms. The highest BCUT2D eigenvalue weighted by molar-refractivity contribution is 7.98. The highest BCUT2D eigenvalue weighted by Gasteiger charge is 2.09. The molecule has 0 heterocycles. The van der Waals surface area contributed by atoms with E-state index in [1.807, 2.05) is 6.26 Å². The number of carboxylic acids is 1. The van der Waals surface area contributed by atoms with Crippen LogP contribution in [0.2, 0.25) is 0 Å². The third kappa shape index (κ3) is 4.17. The van der Waals surface area contributed by atoms with E-state index in [9.17, 15) is 14.7 Å². The van der Waals surface area contributed by atoms with Gasteiger partial charge in [0.2, 0.25) is 0 Å². The molecule has 0 bridgehead atoms. The minimum Gasteiger partial charge on any atom is -0.506 e. The van der Waals surface area contributed by atoms with Crippen molar-refractivity contribution >= 4 is 29.4 Å². The van der Waals surface area contributed by atoms with Crippen LogP contribution in [-0.2, 0) is 0 Å². The van der Waals surface area contributed by atoms with E-state index in [-0.39, 0.29) is 17.0 Å². The lowest BCUT2D eigenvalue weighted by atomic mass is 10.2. The van der Waals surface area contributed by atoms with Crippen LogP contribution < -0.4 is 10.6 Å². The molecule has 0 aliphatic carbocycles. The van der Waals surface area contributed by atoms with Crippen molar-refractivity contribution in [2.45, 2.75) is 0 Å². The first kappa shape index (κ1) is 14.2. The van der Waals surface area contributed by atoms with Crippen LogP contribution >= 0.6 is 11.8 Å². The number of carbonyl (C=O) groups excluding carboxylic acids is 1. The van der Waals surface area contributed by atoms with Gasteiger partial charge in [-0.15, -0.1) is 0 Å². The van der Waals surface area contributed by atoms with E-state index in [0.717, 1.165) is 11.8 Å². The van der Waals surface area contributed by atoms with E-state index in [1.165, 1.54) is 12.1 Å². The van der Waals surface area contributed by atoms with Crippen molar-refractivity contribution in [3.63, 3.8) is 0 Å². The van der Waals surface area contributed by atoms with Gasteiger partial charge >= 0.3 is 12.0 Å². The van der Waals surface area contributed by atoms with Crippen LogP contribution in [0.5, 0.6) is 5.75 Å². The number of aromatic carboxylic acids is 1. The van der Waals surface area contributed by atoms with Crippen molar-refractivity contribution in [1.82, 2.24) is 5.32 Å². The van der Waals surface area contributed by atoms with Gasteiger partial charge in [-0.05, 0) is 24.5 Å². The van der Waals surface area contributed by atoms with Crippen molar-refractivity contribution in [1.29, 1.82) is 0 Å². The zero-order chi connectivity index (χ0) is 13.5. The van der Waals surface area contributed by atoms with Gasteiger partial charge in [0.05, 0.1) is 11.3 Å². The molecule has 0 aliphatic rings. The lowest BCUT2D eigenvalue weighted by Gasteiger charge is -2.09. The maximum absolute atomic E-state index is 11.4. The number of nitrogens with one attached hydrogen (secondary N) is 2. The van der Waals surface area contributed by atoms with E-state index in [0.29, 0.717) is 6.54 Å². The summed E-state index contributed by atoms with van der Waals surface area (Å²) in [5.74, 6) is -0.631. The molecule has 0 atom stereocenters. The molecule has 0 spiro atoms. The standard InChI is InChI=1S/C11H14N2O4S/c1-18-5-4-12-11(17)13-8-3-2-7(10(15)16)6-9(8)14/h2-3,6,14H,4-5H2,1H3,(H,15,16)(H2,12,13,17). The van der Waals surface area contributed by atoms with Crippen molar-refractivity contribution in [3.05, 3.63) is 23.8 Å². The molecule has 1 aromatic carbocycles. The first-order valence-corrected chi connectivity index (χ1v) is 6.54. The number of amides is 2. The second-order valence-electron chi connectivity index (χ2n) is 3.41. The Morgan fingerprint density at radius 1 is 1.39 bits per heavy atom. The summed E-state index contributed by atoms with van der Waals surface area (Å²) in [7, 11) is 0. The molecule has 0 saturated heterocycles. The van der Waals surface area contributed by atoms with Crippen LogP contribution in [0.25, 0.3) is 0 Å². The summed E-state index contributed by atoms with van der Waals surface area (Å²) < 4.78 is 0. The molecule has 0 aromatic heterocycles. The molecule has 0 fully saturated rings. The zero-order valence-corrected chi connectivity index (χ0v) is 10.6. The number of carbonyl (C=O) groups is 2. The first-order valence-electron chi connectivity index (χ1n) is 5.14. The van der Waals surface area contributed by atoms with Crippen molar-refractivity contribution in [2.75, 3.05) is 23.9 Å². The minimum absolute atomic E-state index is 0.0409. The number of benzene rings is 1. The molecule has 7 heteroatoms. The molecule has 0 unspecified atom stereocenters. The topological polar surface area (TPSA) is 98.7 Å². The van der Waals surface area contributed by atoms with Crippen LogP contribution in [0.1, 0.15) is 10.4 Å². The number of hydrogen-bond acceptors (Lipinski definition) is 4. The predicted molar refractivity (Wildman–Crippen MR) is 70.5 cm³/mol. The summed E-state index contributed by atoms with van der Waals surface area (Å²) in [6, 6.07) is 3.29. The number of carboxylic acid groups (broad SMARTS) is 1. The first-order chi connectivity index (χ1) is 8.54. The number of aromatic hydroxyl groups is 1. The molecule has 0 radical (unpaired) electrons. The third-order valence-corrected chi connectivity index (χ3v) is 2.70. The molecule has 0 aliphatic heterocycles. The van der Waals surface area contributed by atoms with Crippen molar-refractivity contribution in [2.24, 2.45) is 0 Å². The average Bonchev–Trinajstić information content (AvgIpc) is 2.32. The normalized spacial score (nSPS) is 9.83. The monoisotopic (exact) mass is 270 g/mol. The van der Waals surface area contributed by atoms with E-state index >= 15 is 0 Å². The summed E-state index contributed by atoms with van der Waals surface area (Å²) in [5.41, 5.74) is 0.127. The number of urea groups is 1. The fourth-order valence-corrected chi connectivity index (χ4v) is 1.51. The minimum atomic E-state index is -1.14. The molecular formula is C11H14N2O4S. The maximum atomic E-state index is 11.4. The molecule has 1 aromatic rings. The number of phenolic OH excluding ortho intramolecular Hbond substituents is 1. The third-order valence-electron chi connectivity index (χ3n) is 2.08. The van der Waals surface area contributed by atoms with Gasteiger partial charge in [0.25, 0.3) is 0 Å². The van der Waals surface area contributed by atoms with E-state index in [1.54, 1.807) is 11.8 Å². The van der Waals surface area contributed by atoms with Gasteiger partial charge in [0, 0.05) is 12.3 Å². The Labute approximate surface area is 108 Å². The summed E-state index contributed by atoms with van der Waals surface area (Å²) in [5, 5.41) is 23.3. The Morgan fingerprint density at radius 3 is 2.67 bits per heavy atom. The van der Waals surface area contributed by atoms with Crippen molar-refractivity contribution < 1.29 is 19.8 Å². The quantitative estimate of drug-likeness (QED) is 0.481. The Morgan fingerprint density at radius 2 is 2.11 bits per heavy atom. The Balaban J connectivity index is 2.62. The van der Waals surface area contributed by atoms with Gasteiger partial charge in [0.1, 0.15) is 5.75 Å². The Kier molecular flexibility index (Phi) is 5.31. The SMILES string of the molecule is CSCCNC(=O)Nc1ccc(C(=O)O)cc1O. The largest absolute Gasteiger partial charge is 0.506 e. The van der Waals surface area contributed by atoms with Gasteiger partial charge in [-0.3, -0.25) is 0 Å². The Bertz CT molecular complexity index is 451. The fourth-order valence-electron chi connectivity index (χ4n) is 1.20. The second-order valence-corrected chi connectivity index (χ2v) is 4.40. The molecule has 1 rings (SSSR count). The Hall–Kier alpha value is -1.89. The van der Waals surface area contributed by atoms with Crippen molar-refractivity contribution in [3.8, 4) is 5.75 Å². The van der Waals surface area contributed by atoms with Gasteiger partial charge in [-0.1, -0.05) is 0 Å². The molecule has 0 saturated carbocycles.